The second-order valence-corrected chi connectivity index (χ2v) is 8.86. The predicted molar refractivity (Wildman–Crippen MR) is 131 cm³/mol. The van der Waals surface area contributed by atoms with Crippen molar-refractivity contribution in [2.75, 3.05) is 26.2 Å². The van der Waals surface area contributed by atoms with E-state index in [0.717, 1.165) is 37.4 Å². The quantitative estimate of drug-likeness (QED) is 0.410. The SMILES string of the molecule is O=C(CC(c1c[nH]cn1)c1cn(Cc2ccccc2)c2ccccc12)NCCN1CCCC1. The zero-order valence-electron chi connectivity index (χ0n) is 18.9. The Morgan fingerprint density at radius 2 is 1.85 bits per heavy atom. The minimum Gasteiger partial charge on any atom is -0.355 e. The smallest absolute Gasteiger partial charge is 0.221 e. The summed E-state index contributed by atoms with van der Waals surface area (Å²) in [4.78, 5) is 23.0. The van der Waals surface area contributed by atoms with Crippen LogP contribution in [0.15, 0.2) is 73.3 Å². The topological polar surface area (TPSA) is 66.0 Å². The Morgan fingerprint density at radius 3 is 2.64 bits per heavy atom. The molecule has 4 aromatic rings. The molecule has 5 rings (SSSR count). The van der Waals surface area contributed by atoms with Gasteiger partial charge in [-0.05, 0) is 43.1 Å². The van der Waals surface area contributed by atoms with Crippen LogP contribution in [0.5, 0.6) is 0 Å². The van der Waals surface area contributed by atoms with E-state index in [-0.39, 0.29) is 11.8 Å². The van der Waals surface area contributed by atoms with Gasteiger partial charge in [-0.2, -0.15) is 0 Å². The molecule has 0 saturated carbocycles. The second-order valence-electron chi connectivity index (χ2n) is 8.86. The first kappa shape index (κ1) is 21.5. The van der Waals surface area contributed by atoms with Crippen molar-refractivity contribution >= 4 is 16.8 Å². The summed E-state index contributed by atoms with van der Waals surface area (Å²) < 4.78 is 2.28. The number of H-pyrrole nitrogens is 1. The van der Waals surface area contributed by atoms with Crippen LogP contribution >= 0.6 is 0 Å². The van der Waals surface area contributed by atoms with Gasteiger partial charge in [0.05, 0.1) is 12.0 Å². The highest BCUT2D eigenvalue weighted by atomic mass is 16.1. The Morgan fingerprint density at radius 1 is 1.06 bits per heavy atom. The third kappa shape index (κ3) is 5.01. The van der Waals surface area contributed by atoms with E-state index in [1.165, 1.54) is 29.3 Å². The zero-order valence-corrected chi connectivity index (χ0v) is 18.9. The molecule has 0 bridgehead atoms. The van der Waals surface area contributed by atoms with Crippen LogP contribution in [-0.4, -0.2) is 51.5 Å². The number of aromatic amines is 1. The molecule has 2 aromatic carbocycles. The molecule has 1 aliphatic rings. The van der Waals surface area contributed by atoms with E-state index in [0.29, 0.717) is 13.0 Å². The number of carbonyl (C=O) groups is 1. The Balaban J connectivity index is 1.39. The number of aromatic nitrogens is 3. The van der Waals surface area contributed by atoms with Crippen molar-refractivity contribution in [2.45, 2.75) is 31.7 Å². The molecule has 0 spiro atoms. The van der Waals surface area contributed by atoms with Gasteiger partial charge < -0.3 is 19.8 Å². The number of para-hydroxylation sites is 1. The molecule has 1 amide bonds. The highest BCUT2D eigenvalue weighted by molar-refractivity contribution is 5.86. The van der Waals surface area contributed by atoms with Crippen LogP contribution in [0.25, 0.3) is 10.9 Å². The van der Waals surface area contributed by atoms with Crippen LogP contribution in [0, 0.1) is 0 Å². The number of amides is 1. The lowest BCUT2D eigenvalue weighted by Gasteiger charge is -2.17. The second kappa shape index (κ2) is 10.0. The molecule has 1 fully saturated rings. The average molecular weight is 442 g/mol. The van der Waals surface area contributed by atoms with Crippen LogP contribution in [0.1, 0.15) is 42.0 Å². The van der Waals surface area contributed by atoms with E-state index in [9.17, 15) is 4.79 Å². The predicted octanol–water partition coefficient (Wildman–Crippen LogP) is 4.15. The summed E-state index contributed by atoms with van der Waals surface area (Å²) in [6, 6.07) is 18.9. The number of hydrogen-bond donors (Lipinski definition) is 2. The number of nitrogens with zero attached hydrogens (tertiary/aromatic N) is 3. The Hall–Kier alpha value is -3.38. The van der Waals surface area contributed by atoms with Crippen LogP contribution in [0.4, 0.5) is 0 Å². The summed E-state index contributed by atoms with van der Waals surface area (Å²) in [5.41, 5.74) is 4.46. The summed E-state index contributed by atoms with van der Waals surface area (Å²) >= 11 is 0. The largest absolute Gasteiger partial charge is 0.355 e. The van der Waals surface area contributed by atoms with Crippen LogP contribution in [0.2, 0.25) is 0 Å². The van der Waals surface area contributed by atoms with Crippen molar-refractivity contribution in [1.82, 2.24) is 24.8 Å². The molecule has 2 N–H and O–H groups in total. The van der Waals surface area contributed by atoms with E-state index >= 15 is 0 Å². The van der Waals surface area contributed by atoms with Crippen molar-refractivity contribution in [3.63, 3.8) is 0 Å². The number of rotatable bonds is 9. The van der Waals surface area contributed by atoms with Crippen LogP contribution in [0.3, 0.4) is 0 Å². The molecule has 2 aromatic heterocycles. The molecular weight excluding hydrogens is 410 g/mol. The molecule has 170 valence electrons. The Kier molecular flexibility index (Phi) is 6.53. The number of benzene rings is 2. The molecule has 3 heterocycles. The summed E-state index contributed by atoms with van der Waals surface area (Å²) in [6.45, 7) is 4.70. The van der Waals surface area contributed by atoms with Gasteiger partial charge in [0.25, 0.3) is 0 Å². The van der Waals surface area contributed by atoms with Gasteiger partial charge >= 0.3 is 0 Å². The van der Waals surface area contributed by atoms with E-state index in [1.54, 1.807) is 6.33 Å². The van der Waals surface area contributed by atoms with Gasteiger partial charge in [-0.15, -0.1) is 0 Å². The van der Waals surface area contributed by atoms with Gasteiger partial charge in [-0.25, -0.2) is 4.98 Å². The molecule has 6 heteroatoms. The molecule has 1 aliphatic heterocycles. The average Bonchev–Trinajstić information content (AvgIpc) is 3.61. The fourth-order valence-electron chi connectivity index (χ4n) is 4.92. The lowest BCUT2D eigenvalue weighted by atomic mass is 9.92. The molecule has 1 atom stereocenters. The van der Waals surface area contributed by atoms with Gasteiger partial charge in [0.1, 0.15) is 0 Å². The van der Waals surface area contributed by atoms with Gasteiger partial charge in [-0.1, -0.05) is 48.5 Å². The van der Waals surface area contributed by atoms with Crippen molar-refractivity contribution < 1.29 is 4.79 Å². The van der Waals surface area contributed by atoms with Crippen molar-refractivity contribution in [3.05, 3.63) is 90.1 Å². The monoisotopic (exact) mass is 441 g/mol. The number of nitrogens with one attached hydrogen (secondary N) is 2. The number of likely N-dealkylation sites (tertiary alicyclic amines) is 1. The molecular formula is C27H31N5O. The van der Waals surface area contributed by atoms with Gasteiger partial charge in [0, 0.05) is 55.3 Å². The first-order valence-corrected chi connectivity index (χ1v) is 11.9. The third-order valence-electron chi connectivity index (χ3n) is 6.61. The summed E-state index contributed by atoms with van der Waals surface area (Å²) in [6.07, 6.45) is 8.71. The maximum absolute atomic E-state index is 13.0. The normalized spacial score (nSPS) is 15.2. The minimum atomic E-state index is -0.107. The number of imidazole rings is 1. The number of carbonyl (C=O) groups excluding carboxylic acids is 1. The Bertz CT molecular complexity index is 1180. The first-order valence-electron chi connectivity index (χ1n) is 11.9. The maximum Gasteiger partial charge on any atom is 0.221 e. The highest BCUT2D eigenvalue weighted by Gasteiger charge is 2.24. The fraction of sp³-hybridized carbons (Fsp3) is 0.333. The van der Waals surface area contributed by atoms with Crippen molar-refractivity contribution in [2.24, 2.45) is 0 Å². The van der Waals surface area contributed by atoms with Gasteiger partial charge in [0.15, 0.2) is 0 Å². The summed E-state index contributed by atoms with van der Waals surface area (Å²) in [5.74, 6) is -0.0351. The lowest BCUT2D eigenvalue weighted by molar-refractivity contribution is -0.121. The summed E-state index contributed by atoms with van der Waals surface area (Å²) in [7, 11) is 0. The van der Waals surface area contributed by atoms with Crippen LogP contribution in [-0.2, 0) is 11.3 Å². The van der Waals surface area contributed by atoms with Gasteiger partial charge in [0.2, 0.25) is 5.91 Å². The van der Waals surface area contributed by atoms with E-state index in [4.69, 9.17) is 0 Å². The standard InChI is InChI=1S/C27H31N5O/c33-27(29-12-15-31-13-6-7-14-31)16-23(25-17-28-20-30-25)24-19-32(18-21-8-2-1-3-9-21)26-11-5-4-10-22(24)26/h1-5,8-11,17,19-20,23H,6-7,12-16,18H2,(H,28,30)(H,29,33). The van der Waals surface area contributed by atoms with E-state index in [1.807, 2.05) is 12.3 Å². The van der Waals surface area contributed by atoms with E-state index in [2.05, 4.69) is 79.5 Å². The molecule has 6 nitrogen and oxygen atoms in total. The maximum atomic E-state index is 13.0. The number of hydrogen-bond acceptors (Lipinski definition) is 3. The first-order chi connectivity index (χ1) is 16.3. The molecule has 1 unspecified atom stereocenters. The lowest BCUT2D eigenvalue weighted by Crippen LogP contribution is -2.34. The van der Waals surface area contributed by atoms with Crippen LogP contribution < -0.4 is 5.32 Å². The van der Waals surface area contributed by atoms with Crippen molar-refractivity contribution in [1.29, 1.82) is 0 Å². The molecule has 33 heavy (non-hydrogen) atoms. The van der Waals surface area contributed by atoms with E-state index < -0.39 is 0 Å². The molecule has 0 radical (unpaired) electrons. The fourth-order valence-corrected chi connectivity index (χ4v) is 4.92. The zero-order chi connectivity index (χ0) is 22.5. The number of fused-ring (bicyclic) bond motifs is 1. The molecule has 1 saturated heterocycles. The van der Waals surface area contributed by atoms with Gasteiger partial charge in [-0.3, -0.25) is 4.79 Å². The summed E-state index contributed by atoms with van der Waals surface area (Å²) in [5, 5.41) is 4.31. The Labute approximate surface area is 194 Å². The highest BCUT2D eigenvalue weighted by Crippen LogP contribution is 2.34. The minimum absolute atomic E-state index is 0.0714. The van der Waals surface area contributed by atoms with Crippen molar-refractivity contribution in [3.8, 4) is 0 Å². The molecule has 0 aliphatic carbocycles. The third-order valence-corrected chi connectivity index (χ3v) is 6.61.